The molecule has 0 aliphatic heterocycles. The second-order valence-electron chi connectivity index (χ2n) is 6.66. The van der Waals surface area contributed by atoms with Crippen molar-refractivity contribution >= 4 is 11.9 Å². The van der Waals surface area contributed by atoms with Gasteiger partial charge in [0.25, 0.3) is 5.91 Å². The van der Waals surface area contributed by atoms with Crippen LogP contribution in [0.2, 0.25) is 0 Å². The van der Waals surface area contributed by atoms with Gasteiger partial charge in [-0.1, -0.05) is 60.7 Å². The predicted octanol–water partition coefficient (Wildman–Crippen LogP) is 4.29. The Balaban J connectivity index is 1.72. The summed E-state index contributed by atoms with van der Waals surface area (Å²) in [6.45, 7) is 1.47. The van der Waals surface area contributed by atoms with Crippen molar-refractivity contribution in [2.45, 2.75) is 19.1 Å². The van der Waals surface area contributed by atoms with E-state index in [2.05, 4.69) is 5.32 Å². The smallest absolute Gasteiger partial charge is 0.339 e. The number of carbonyl (C=O) groups is 2. The highest BCUT2D eigenvalue weighted by Gasteiger charge is 2.24. The number of hydrogen-bond acceptors (Lipinski definition) is 4. The van der Waals surface area contributed by atoms with E-state index < -0.39 is 29.8 Å². The Morgan fingerprint density at radius 3 is 1.97 bits per heavy atom. The number of ether oxygens (including phenoxy) is 2. The summed E-state index contributed by atoms with van der Waals surface area (Å²) in [6.07, 6.45) is -1.07. The summed E-state index contributed by atoms with van der Waals surface area (Å²) in [5.41, 5.74) is 1.79. The molecule has 0 saturated carbocycles. The monoisotopic (exact) mass is 407 g/mol. The van der Waals surface area contributed by atoms with Crippen molar-refractivity contribution < 1.29 is 23.5 Å². The maximum atomic E-state index is 13.8. The third-order valence-corrected chi connectivity index (χ3v) is 4.59. The number of esters is 1. The zero-order chi connectivity index (χ0) is 21.5. The zero-order valence-electron chi connectivity index (χ0n) is 16.7. The van der Waals surface area contributed by atoms with Gasteiger partial charge in [-0.25, -0.2) is 9.18 Å². The van der Waals surface area contributed by atoms with E-state index in [1.807, 2.05) is 60.7 Å². The largest absolute Gasteiger partial charge is 0.494 e. The molecular formula is C24H22FNO4. The fraction of sp³-hybridized carbons (Fsp3) is 0.167. The van der Waals surface area contributed by atoms with Crippen molar-refractivity contribution in [2.75, 3.05) is 7.11 Å². The van der Waals surface area contributed by atoms with E-state index in [1.54, 1.807) is 0 Å². The highest BCUT2D eigenvalue weighted by atomic mass is 19.1. The molecule has 0 aromatic heterocycles. The lowest BCUT2D eigenvalue weighted by molar-refractivity contribution is -0.129. The average Bonchev–Trinajstić information content (AvgIpc) is 2.78. The first kappa shape index (κ1) is 21.0. The molecule has 0 radical (unpaired) electrons. The van der Waals surface area contributed by atoms with Crippen LogP contribution in [0.5, 0.6) is 5.75 Å². The van der Waals surface area contributed by atoms with Crippen molar-refractivity contribution in [3.63, 3.8) is 0 Å². The fourth-order valence-electron chi connectivity index (χ4n) is 2.99. The Labute approximate surface area is 174 Å². The third-order valence-electron chi connectivity index (χ3n) is 4.59. The van der Waals surface area contributed by atoms with Crippen LogP contribution in [0.1, 0.15) is 34.5 Å². The van der Waals surface area contributed by atoms with E-state index in [0.29, 0.717) is 0 Å². The second kappa shape index (κ2) is 9.69. The molecule has 0 saturated heterocycles. The topological polar surface area (TPSA) is 64.6 Å². The van der Waals surface area contributed by atoms with Gasteiger partial charge < -0.3 is 14.8 Å². The van der Waals surface area contributed by atoms with Gasteiger partial charge in [0, 0.05) is 0 Å². The van der Waals surface area contributed by atoms with Crippen LogP contribution < -0.4 is 10.1 Å². The van der Waals surface area contributed by atoms with Crippen molar-refractivity contribution in [3.05, 3.63) is 101 Å². The molecule has 30 heavy (non-hydrogen) atoms. The molecule has 0 spiro atoms. The number of methoxy groups -OCH3 is 1. The van der Waals surface area contributed by atoms with Crippen molar-refractivity contribution in [3.8, 4) is 5.75 Å². The standard InChI is InChI=1S/C24H22FNO4/c1-16(30-24(28)19-13-14-21(29-2)20(25)15-19)23(27)26-22(17-9-5-3-6-10-17)18-11-7-4-8-12-18/h3-16,22H,1-2H3,(H,26,27)/t16-/m1/s1. The zero-order valence-corrected chi connectivity index (χ0v) is 16.7. The minimum absolute atomic E-state index is 0.00406. The van der Waals surface area contributed by atoms with Crippen molar-refractivity contribution in [1.29, 1.82) is 0 Å². The molecule has 154 valence electrons. The SMILES string of the molecule is COc1ccc(C(=O)O[C@H](C)C(=O)NC(c2ccccc2)c2ccccc2)cc1F. The van der Waals surface area contributed by atoms with Crippen LogP contribution in [0, 0.1) is 5.82 Å². The first-order valence-corrected chi connectivity index (χ1v) is 9.44. The summed E-state index contributed by atoms with van der Waals surface area (Å²) in [5.74, 6) is -1.92. The molecule has 0 unspecified atom stereocenters. The van der Waals surface area contributed by atoms with E-state index in [0.717, 1.165) is 17.2 Å². The molecule has 1 atom stereocenters. The number of carbonyl (C=O) groups excluding carboxylic acids is 2. The molecule has 0 bridgehead atoms. The Hall–Kier alpha value is -3.67. The molecule has 0 heterocycles. The van der Waals surface area contributed by atoms with Gasteiger partial charge >= 0.3 is 5.97 Å². The molecule has 1 N–H and O–H groups in total. The van der Waals surface area contributed by atoms with E-state index in [1.165, 1.54) is 26.2 Å². The molecule has 0 aliphatic carbocycles. The molecular weight excluding hydrogens is 385 g/mol. The van der Waals surface area contributed by atoms with E-state index in [-0.39, 0.29) is 11.3 Å². The van der Waals surface area contributed by atoms with Gasteiger partial charge in [-0.15, -0.1) is 0 Å². The molecule has 6 heteroatoms. The summed E-state index contributed by atoms with van der Waals surface area (Å²) < 4.78 is 23.9. The van der Waals surface area contributed by atoms with Crippen LogP contribution in [0.15, 0.2) is 78.9 Å². The molecule has 1 amide bonds. The van der Waals surface area contributed by atoms with E-state index in [9.17, 15) is 14.0 Å². The van der Waals surface area contributed by atoms with E-state index in [4.69, 9.17) is 9.47 Å². The van der Waals surface area contributed by atoms with Crippen molar-refractivity contribution in [1.82, 2.24) is 5.32 Å². The summed E-state index contributed by atoms with van der Waals surface area (Å²) in [6, 6.07) is 22.3. The quantitative estimate of drug-likeness (QED) is 0.594. The molecule has 0 aliphatic rings. The number of amides is 1. The summed E-state index contributed by atoms with van der Waals surface area (Å²) in [5, 5.41) is 2.93. The lowest BCUT2D eigenvalue weighted by atomic mass is 9.98. The molecule has 3 rings (SSSR count). The maximum absolute atomic E-state index is 13.8. The Morgan fingerprint density at radius 1 is 0.900 bits per heavy atom. The van der Waals surface area contributed by atoms with E-state index >= 15 is 0 Å². The summed E-state index contributed by atoms with van der Waals surface area (Å²) >= 11 is 0. The Kier molecular flexibility index (Phi) is 6.80. The lowest BCUT2D eigenvalue weighted by Gasteiger charge is -2.22. The predicted molar refractivity (Wildman–Crippen MR) is 111 cm³/mol. The van der Waals surface area contributed by atoms with Gasteiger partial charge in [0.2, 0.25) is 0 Å². The molecule has 0 fully saturated rings. The minimum Gasteiger partial charge on any atom is -0.494 e. The number of halogens is 1. The van der Waals surface area contributed by atoms with Gasteiger partial charge in [0.1, 0.15) is 0 Å². The van der Waals surface area contributed by atoms with Crippen molar-refractivity contribution in [2.24, 2.45) is 0 Å². The van der Waals surface area contributed by atoms with Crippen LogP contribution in [-0.2, 0) is 9.53 Å². The highest BCUT2D eigenvalue weighted by molar-refractivity contribution is 5.92. The van der Waals surface area contributed by atoms with Gasteiger partial charge in [-0.05, 0) is 36.2 Å². The summed E-state index contributed by atoms with van der Waals surface area (Å²) in [4.78, 5) is 25.1. The van der Waals surface area contributed by atoms with Crippen LogP contribution in [0.25, 0.3) is 0 Å². The normalized spacial score (nSPS) is 11.6. The second-order valence-corrected chi connectivity index (χ2v) is 6.66. The van der Waals surface area contributed by atoms with Gasteiger partial charge in [0.15, 0.2) is 17.7 Å². The summed E-state index contributed by atoms with van der Waals surface area (Å²) in [7, 11) is 1.33. The number of benzene rings is 3. The maximum Gasteiger partial charge on any atom is 0.339 e. The molecule has 5 nitrogen and oxygen atoms in total. The number of hydrogen-bond donors (Lipinski definition) is 1. The highest BCUT2D eigenvalue weighted by Crippen LogP contribution is 2.22. The third kappa shape index (κ3) is 5.03. The molecule has 3 aromatic carbocycles. The van der Waals surface area contributed by atoms with Crippen LogP contribution >= 0.6 is 0 Å². The molecule has 3 aromatic rings. The minimum atomic E-state index is -1.07. The van der Waals surface area contributed by atoms with Gasteiger partial charge in [0.05, 0.1) is 18.7 Å². The first-order valence-electron chi connectivity index (χ1n) is 9.44. The van der Waals surface area contributed by atoms with Crippen LogP contribution in [0.3, 0.4) is 0 Å². The van der Waals surface area contributed by atoms with Crippen LogP contribution in [0.4, 0.5) is 4.39 Å². The Bertz CT molecular complexity index is 969. The van der Waals surface area contributed by atoms with Gasteiger partial charge in [-0.3, -0.25) is 4.79 Å². The average molecular weight is 407 g/mol. The number of nitrogens with one attached hydrogen (secondary N) is 1. The Morgan fingerprint density at radius 2 is 1.47 bits per heavy atom. The number of rotatable bonds is 7. The first-order chi connectivity index (χ1) is 14.5. The fourth-order valence-corrected chi connectivity index (χ4v) is 2.99. The van der Waals surface area contributed by atoms with Gasteiger partial charge in [-0.2, -0.15) is 0 Å². The lowest BCUT2D eigenvalue weighted by Crippen LogP contribution is -2.38. The van der Waals surface area contributed by atoms with Crippen LogP contribution in [-0.4, -0.2) is 25.1 Å².